The first-order valence-electron chi connectivity index (χ1n) is 15.0. The minimum Gasteiger partial charge on any atom is -0.530 e. The summed E-state index contributed by atoms with van der Waals surface area (Å²) in [7, 11) is 0. The van der Waals surface area contributed by atoms with Crippen LogP contribution in [-0.4, -0.2) is 92.5 Å². The van der Waals surface area contributed by atoms with E-state index in [0.29, 0.717) is 19.3 Å². The van der Waals surface area contributed by atoms with E-state index < -0.39 is 59.5 Å². The predicted octanol–water partition coefficient (Wildman–Crippen LogP) is 0.994. The van der Waals surface area contributed by atoms with Gasteiger partial charge in [-0.05, 0) is 57.1 Å². The topological polar surface area (TPSA) is 165 Å². The number of carbonyl (C=O) groups excluding carboxylic acids is 2. The Bertz CT molecular complexity index is 1180. The molecule has 238 valence electrons. The lowest BCUT2D eigenvalue weighted by Crippen LogP contribution is -2.64. The van der Waals surface area contributed by atoms with E-state index >= 15 is 0 Å². The number of nitrogens with zero attached hydrogens (tertiary/aromatic N) is 1. The summed E-state index contributed by atoms with van der Waals surface area (Å²) in [5.74, 6) is -0.520. The Hall–Kier alpha value is -3.02. The number of nitrogens with one attached hydrogen (secondary N) is 2. The van der Waals surface area contributed by atoms with E-state index in [1.54, 1.807) is 13.8 Å². The van der Waals surface area contributed by atoms with Gasteiger partial charge < -0.3 is 45.9 Å². The van der Waals surface area contributed by atoms with Crippen LogP contribution in [0, 0.1) is 5.41 Å². The molecule has 1 aliphatic rings. The first-order chi connectivity index (χ1) is 20.2. The van der Waals surface area contributed by atoms with Gasteiger partial charge in [-0.1, -0.05) is 74.5 Å². The number of hydrogen-bond donors (Lipinski definition) is 6. The molecule has 0 aliphatic heterocycles. The summed E-state index contributed by atoms with van der Waals surface area (Å²) in [6.07, 6.45) is -1.57. The lowest BCUT2D eigenvalue weighted by molar-refractivity contribution is -0.277. The highest BCUT2D eigenvalue weighted by molar-refractivity contribution is 5.86. The van der Waals surface area contributed by atoms with Gasteiger partial charge in [0.1, 0.15) is 11.7 Å². The highest BCUT2D eigenvalue weighted by Crippen LogP contribution is 2.46. The number of benzene rings is 2. The molecule has 1 unspecified atom stereocenters. The van der Waals surface area contributed by atoms with Crippen molar-refractivity contribution in [1.82, 2.24) is 15.5 Å². The number of hydrogen-bond acceptors (Lipinski definition) is 8. The van der Waals surface area contributed by atoms with Gasteiger partial charge >= 0.3 is 0 Å². The normalized spacial score (nSPS) is 21.0. The molecule has 43 heavy (non-hydrogen) atoms. The van der Waals surface area contributed by atoms with Crippen molar-refractivity contribution in [2.75, 3.05) is 19.7 Å². The Morgan fingerprint density at radius 2 is 1.47 bits per heavy atom. The number of carbonyl (C=O) groups is 2. The molecule has 2 aromatic rings. The van der Waals surface area contributed by atoms with Gasteiger partial charge in [0.15, 0.2) is 0 Å². The van der Waals surface area contributed by atoms with Gasteiger partial charge in [0.2, 0.25) is 0 Å². The Morgan fingerprint density at radius 1 is 0.930 bits per heavy atom. The molecule has 3 rings (SSSR count). The number of aliphatic hydroxyl groups is 4. The molecule has 5 atom stereocenters. The van der Waals surface area contributed by atoms with Crippen LogP contribution in [0.1, 0.15) is 58.1 Å². The van der Waals surface area contributed by atoms with Crippen molar-refractivity contribution >= 4 is 12.0 Å². The van der Waals surface area contributed by atoms with E-state index in [1.807, 2.05) is 74.5 Å². The Kier molecular flexibility index (Phi) is 11.7. The van der Waals surface area contributed by atoms with Crippen molar-refractivity contribution in [1.29, 1.82) is 0 Å². The lowest BCUT2D eigenvalue weighted by Gasteiger charge is -2.46. The molecular formula is C33H48N3O7-. The van der Waals surface area contributed by atoms with E-state index in [0.717, 1.165) is 22.4 Å². The molecule has 0 heterocycles. The summed E-state index contributed by atoms with van der Waals surface area (Å²) >= 11 is 0. The van der Waals surface area contributed by atoms with Gasteiger partial charge in [-0.25, -0.2) is 0 Å². The maximum atomic E-state index is 13.4. The van der Waals surface area contributed by atoms with Gasteiger partial charge in [0.05, 0.1) is 36.4 Å². The van der Waals surface area contributed by atoms with Crippen LogP contribution in [-0.2, 0) is 17.6 Å². The first-order valence-corrected chi connectivity index (χ1v) is 15.0. The molecule has 0 spiro atoms. The van der Waals surface area contributed by atoms with Crippen LogP contribution >= 0.6 is 0 Å². The van der Waals surface area contributed by atoms with E-state index in [4.69, 9.17) is 0 Å². The van der Waals surface area contributed by atoms with Crippen molar-refractivity contribution in [3.05, 3.63) is 71.8 Å². The lowest BCUT2D eigenvalue weighted by atomic mass is 9.77. The molecule has 1 fully saturated rings. The second kappa shape index (κ2) is 14.6. The van der Waals surface area contributed by atoms with Crippen molar-refractivity contribution in [2.24, 2.45) is 5.41 Å². The number of aliphatic hydroxyl groups excluding tert-OH is 3. The summed E-state index contributed by atoms with van der Waals surface area (Å²) in [4.78, 5) is 26.6. The zero-order chi connectivity index (χ0) is 31.8. The Labute approximate surface area is 254 Å². The molecule has 6 N–H and O–H groups in total. The Morgan fingerprint density at radius 3 is 1.95 bits per heavy atom. The minimum atomic E-state index is -1.55. The van der Waals surface area contributed by atoms with E-state index in [2.05, 4.69) is 10.6 Å². The van der Waals surface area contributed by atoms with E-state index in [-0.39, 0.29) is 19.5 Å². The summed E-state index contributed by atoms with van der Waals surface area (Å²) in [6, 6.07) is 16.8. The van der Waals surface area contributed by atoms with Crippen molar-refractivity contribution in [3.8, 4) is 0 Å². The molecule has 0 radical (unpaired) electrons. The van der Waals surface area contributed by atoms with Crippen LogP contribution in [0.2, 0.25) is 0 Å². The molecule has 0 saturated heterocycles. The third-order valence-electron chi connectivity index (χ3n) is 8.92. The molecule has 0 aromatic heterocycles. The summed E-state index contributed by atoms with van der Waals surface area (Å²) in [5, 5.41) is 61.9. The fourth-order valence-corrected chi connectivity index (χ4v) is 6.01. The standard InChI is InChI=1S/C33H49N3O7/c1-31(2)16-11-17-33(31,43)29(40)35-25(18-23-12-7-5-8-13-23)27(38)20-34-21-28(39)26(19-24-14-9-6-10-15-24)36(30(41)42)32(3,4)22-37/h5-10,12-15,25-28,34,37-39,43H,11,16-22H2,1-4H3,(H,35,40)(H,41,42)/p-1/t25-,26-,27+,28+,33?/m0/s1. The van der Waals surface area contributed by atoms with Crippen LogP contribution in [0.15, 0.2) is 60.7 Å². The first kappa shape index (κ1) is 34.5. The second-order valence-corrected chi connectivity index (χ2v) is 13.0. The average molecular weight is 599 g/mol. The SMILES string of the molecule is CC(C)(CO)N(C(=O)[O-])[C@@H](Cc1ccccc1)[C@H](O)CNC[C@@H](O)[C@H](Cc1ccccc1)NC(=O)C1(O)CCCC1(C)C. The van der Waals surface area contributed by atoms with Crippen LogP contribution in [0.5, 0.6) is 0 Å². The quantitative estimate of drug-likeness (QED) is 0.177. The van der Waals surface area contributed by atoms with Crippen molar-refractivity contribution in [2.45, 2.75) is 95.2 Å². The fourth-order valence-electron chi connectivity index (χ4n) is 6.01. The van der Waals surface area contributed by atoms with Gasteiger partial charge in [-0.3, -0.25) is 4.79 Å². The van der Waals surface area contributed by atoms with Crippen LogP contribution in [0.4, 0.5) is 4.79 Å². The zero-order valence-corrected chi connectivity index (χ0v) is 25.7. The summed E-state index contributed by atoms with van der Waals surface area (Å²) in [6.45, 7) is 6.26. The number of carboxylic acid groups (broad SMARTS) is 1. The zero-order valence-electron chi connectivity index (χ0n) is 25.7. The average Bonchev–Trinajstić information content (AvgIpc) is 3.25. The van der Waals surface area contributed by atoms with Crippen LogP contribution in [0.3, 0.4) is 0 Å². The molecule has 1 saturated carbocycles. The highest BCUT2D eigenvalue weighted by atomic mass is 16.4. The van der Waals surface area contributed by atoms with Gasteiger partial charge in [0.25, 0.3) is 5.91 Å². The molecule has 10 nitrogen and oxygen atoms in total. The van der Waals surface area contributed by atoms with E-state index in [1.165, 1.54) is 0 Å². The van der Waals surface area contributed by atoms with Gasteiger partial charge in [-0.2, -0.15) is 0 Å². The summed E-state index contributed by atoms with van der Waals surface area (Å²) in [5.41, 5.74) is -1.70. The molecule has 2 amide bonds. The molecular weight excluding hydrogens is 550 g/mol. The van der Waals surface area contributed by atoms with Gasteiger partial charge in [-0.15, -0.1) is 0 Å². The number of amides is 2. The largest absolute Gasteiger partial charge is 0.530 e. The smallest absolute Gasteiger partial charge is 0.252 e. The Balaban J connectivity index is 1.74. The van der Waals surface area contributed by atoms with Crippen LogP contribution in [0.25, 0.3) is 0 Å². The summed E-state index contributed by atoms with van der Waals surface area (Å²) < 4.78 is 0. The van der Waals surface area contributed by atoms with E-state index in [9.17, 15) is 35.1 Å². The second-order valence-electron chi connectivity index (χ2n) is 13.0. The maximum absolute atomic E-state index is 13.4. The maximum Gasteiger partial charge on any atom is 0.252 e. The monoisotopic (exact) mass is 598 g/mol. The molecule has 10 heteroatoms. The highest BCUT2D eigenvalue weighted by Gasteiger charge is 2.53. The molecule has 2 aromatic carbocycles. The molecule has 1 aliphatic carbocycles. The van der Waals surface area contributed by atoms with Crippen LogP contribution < -0.4 is 15.7 Å². The van der Waals surface area contributed by atoms with Gasteiger partial charge in [0, 0.05) is 18.5 Å². The molecule has 0 bridgehead atoms. The minimum absolute atomic E-state index is 0.0244. The predicted molar refractivity (Wildman–Crippen MR) is 162 cm³/mol. The van der Waals surface area contributed by atoms with Crippen molar-refractivity contribution < 1.29 is 35.1 Å². The third-order valence-corrected chi connectivity index (χ3v) is 8.92. The third kappa shape index (κ3) is 8.55. The number of rotatable bonds is 15. The van der Waals surface area contributed by atoms with Crippen molar-refractivity contribution in [3.63, 3.8) is 0 Å². The fraction of sp³-hybridized carbons (Fsp3) is 0.576.